The predicted molar refractivity (Wildman–Crippen MR) is 41.2 cm³/mol. The zero-order valence-electron chi connectivity index (χ0n) is 7.43. The molecule has 0 unspecified atom stereocenters. The summed E-state index contributed by atoms with van der Waals surface area (Å²) in [6, 6.07) is 0. The minimum absolute atomic E-state index is 0.403. The molecule has 0 spiro atoms. The Balaban J connectivity index is 3.72. The number of carbonyl (C=O) groups is 2. The average molecular weight is 210 g/mol. The second-order valence-corrected chi connectivity index (χ2v) is 2.56. The molecular weight excluding hydrogens is 201 g/mol. The van der Waals surface area contributed by atoms with E-state index < -0.39 is 30.8 Å². The number of hydrogen-bond acceptors (Lipinski definition) is 3. The Morgan fingerprint density at radius 3 is 2.36 bits per heavy atom. The SMILES string of the molecule is CC(=O)CC(=O)OC=CCC(F)(F)F. The molecule has 0 aromatic heterocycles. The fourth-order valence-electron chi connectivity index (χ4n) is 0.551. The molecule has 0 rings (SSSR count). The fourth-order valence-corrected chi connectivity index (χ4v) is 0.551. The molecule has 0 fully saturated rings. The van der Waals surface area contributed by atoms with Gasteiger partial charge in [-0.25, -0.2) is 0 Å². The molecule has 0 atom stereocenters. The molecule has 0 N–H and O–H groups in total. The third-order valence-electron chi connectivity index (χ3n) is 1.04. The van der Waals surface area contributed by atoms with Gasteiger partial charge in [0, 0.05) is 0 Å². The van der Waals surface area contributed by atoms with Crippen molar-refractivity contribution in [2.75, 3.05) is 0 Å². The number of Topliss-reactive ketones (excluding diaryl/α,β-unsaturated/α-hetero) is 1. The molecule has 0 heterocycles. The second-order valence-electron chi connectivity index (χ2n) is 2.56. The molecule has 0 saturated carbocycles. The number of carbonyl (C=O) groups excluding carboxylic acids is 2. The fraction of sp³-hybridized carbons (Fsp3) is 0.500. The van der Waals surface area contributed by atoms with Gasteiger partial charge in [0.25, 0.3) is 0 Å². The van der Waals surface area contributed by atoms with E-state index in [1.165, 1.54) is 6.92 Å². The summed E-state index contributed by atoms with van der Waals surface area (Å²) in [7, 11) is 0. The summed E-state index contributed by atoms with van der Waals surface area (Å²) >= 11 is 0. The summed E-state index contributed by atoms with van der Waals surface area (Å²) in [4.78, 5) is 20.9. The molecule has 0 saturated heterocycles. The quantitative estimate of drug-likeness (QED) is 0.404. The highest BCUT2D eigenvalue weighted by Gasteiger charge is 2.24. The molecule has 0 aliphatic rings. The van der Waals surface area contributed by atoms with Crippen molar-refractivity contribution in [1.82, 2.24) is 0 Å². The first kappa shape index (κ1) is 12.7. The number of ether oxygens (including phenoxy) is 1. The van der Waals surface area contributed by atoms with Crippen LogP contribution < -0.4 is 0 Å². The maximum atomic E-state index is 11.5. The molecule has 6 heteroatoms. The van der Waals surface area contributed by atoms with Crippen molar-refractivity contribution in [2.24, 2.45) is 0 Å². The van der Waals surface area contributed by atoms with Crippen LogP contribution in [0.15, 0.2) is 12.3 Å². The van der Waals surface area contributed by atoms with Crippen LogP contribution in [0.2, 0.25) is 0 Å². The summed E-state index contributed by atoms with van der Waals surface area (Å²) in [5, 5.41) is 0. The van der Waals surface area contributed by atoms with E-state index >= 15 is 0 Å². The average Bonchev–Trinajstić information content (AvgIpc) is 1.95. The zero-order valence-corrected chi connectivity index (χ0v) is 7.43. The number of esters is 1. The molecule has 0 aliphatic carbocycles. The summed E-state index contributed by atoms with van der Waals surface area (Å²) < 4.78 is 38.8. The van der Waals surface area contributed by atoms with Crippen LogP contribution in [0.5, 0.6) is 0 Å². The van der Waals surface area contributed by atoms with E-state index in [-0.39, 0.29) is 0 Å². The van der Waals surface area contributed by atoms with Gasteiger partial charge in [-0.3, -0.25) is 9.59 Å². The lowest BCUT2D eigenvalue weighted by molar-refractivity contribution is -0.141. The minimum atomic E-state index is -4.32. The molecule has 3 nitrogen and oxygen atoms in total. The molecule has 14 heavy (non-hydrogen) atoms. The Morgan fingerprint density at radius 1 is 1.36 bits per heavy atom. The van der Waals surface area contributed by atoms with Crippen molar-refractivity contribution in [3.05, 3.63) is 12.3 Å². The Morgan fingerprint density at radius 2 is 1.93 bits per heavy atom. The summed E-state index contributed by atoms with van der Waals surface area (Å²) in [6.45, 7) is 1.18. The highest BCUT2D eigenvalue weighted by Crippen LogP contribution is 2.19. The van der Waals surface area contributed by atoms with Crippen molar-refractivity contribution in [3.8, 4) is 0 Å². The van der Waals surface area contributed by atoms with Gasteiger partial charge >= 0.3 is 12.1 Å². The third kappa shape index (κ3) is 8.76. The predicted octanol–water partition coefficient (Wildman–Crippen LogP) is 1.97. The van der Waals surface area contributed by atoms with Crippen molar-refractivity contribution >= 4 is 11.8 Å². The molecule has 80 valence electrons. The Hall–Kier alpha value is -1.33. The van der Waals surface area contributed by atoms with Crippen LogP contribution in [0, 0.1) is 0 Å². The number of allylic oxidation sites excluding steroid dienone is 1. The maximum absolute atomic E-state index is 11.5. The van der Waals surface area contributed by atoms with Crippen molar-refractivity contribution in [1.29, 1.82) is 0 Å². The summed E-state index contributed by atoms with van der Waals surface area (Å²) in [5.74, 6) is -1.27. The normalized spacial score (nSPS) is 11.7. The number of alkyl halides is 3. The van der Waals surface area contributed by atoms with Crippen LogP contribution >= 0.6 is 0 Å². The maximum Gasteiger partial charge on any atom is 0.392 e. The minimum Gasteiger partial charge on any atom is -0.435 e. The Kier molecular flexibility index (Phi) is 4.90. The van der Waals surface area contributed by atoms with Crippen molar-refractivity contribution in [2.45, 2.75) is 25.9 Å². The molecular formula is C8H9F3O3. The van der Waals surface area contributed by atoms with Crippen molar-refractivity contribution in [3.63, 3.8) is 0 Å². The Bertz CT molecular complexity index is 243. The van der Waals surface area contributed by atoms with Crippen LogP contribution in [0.25, 0.3) is 0 Å². The van der Waals surface area contributed by atoms with E-state index in [0.717, 1.165) is 0 Å². The second kappa shape index (κ2) is 5.41. The first-order chi connectivity index (χ1) is 6.31. The topological polar surface area (TPSA) is 43.4 Å². The van der Waals surface area contributed by atoms with E-state index in [2.05, 4.69) is 4.74 Å². The van der Waals surface area contributed by atoms with Gasteiger partial charge in [-0.2, -0.15) is 13.2 Å². The molecule has 0 amide bonds. The molecule has 0 aromatic rings. The number of halogens is 3. The lowest BCUT2D eigenvalue weighted by atomic mass is 10.3. The van der Waals surface area contributed by atoms with Crippen LogP contribution in [0.4, 0.5) is 13.2 Å². The van der Waals surface area contributed by atoms with Gasteiger partial charge in [0.15, 0.2) is 0 Å². The largest absolute Gasteiger partial charge is 0.435 e. The lowest BCUT2D eigenvalue weighted by Crippen LogP contribution is -2.06. The molecule has 0 aliphatic heterocycles. The summed E-state index contributed by atoms with van der Waals surface area (Å²) in [5.41, 5.74) is 0. The molecule has 0 bridgehead atoms. The highest BCUT2D eigenvalue weighted by atomic mass is 19.4. The first-order valence-electron chi connectivity index (χ1n) is 3.72. The number of hydrogen-bond donors (Lipinski definition) is 0. The van der Waals surface area contributed by atoms with E-state index in [0.29, 0.717) is 12.3 Å². The number of rotatable bonds is 4. The van der Waals surface area contributed by atoms with Crippen molar-refractivity contribution < 1.29 is 27.5 Å². The van der Waals surface area contributed by atoms with Gasteiger partial charge in [0.05, 0.1) is 12.7 Å². The number of ketones is 1. The van der Waals surface area contributed by atoms with Crippen LogP contribution in [0.3, 0.4) is 0 Å². The van der Waals surface area contributed by atoms with E-state index in [9.17, 15) is 22.8 Å². The first-order valence-corrected chi connectivity index (χ1v) is 3.72. The summed E-state index contributed by atoms with van der Waals surface area (Å²) in [6.07, 6.45) is -4.61. The molecule has 0 aromatic carbocycles. The Labute approximate surface area is 78.5 Å². The van der Waals surface area contributed by atoms with Crippen LogP contribution in [-0.4, -0.2) is 17.9 Å². The lowest BCUT2D eigenvalue weighted by Gasteiger charge is -2.00. The highest BCUT2D eigenvalue weighted by molar-refractivity contribution is 5.94. The van der Waals surface area contributed by atoms with E-state index in [1.807, 2.05) is 0 Å². The molecule has 0 radical (unpaired) electrons. The van der Waals surface area contributed by atoms with Crippen LogP contribution in [-0.2, 0) is 14.3 Å². The van der Waals surface area contributed by atoms with Gasteiger partial charge in [0.2, 0.25) is 0 Å². The van der Waals surface area contributed by atoms with Gasteiger partial charge in [-0.1, -0.05) is 0 Å². The van der Waals surface area contributed by atoms with E-state index in [1.54, 1.807) is 0 Å². The standard InChI is InChI=1S/C8H9F3O3/c1-6(12)5-7(13)14-4-2-3-8(9,10)11/h2,4H,3,5H2,1H3. The van der Waals surface area contributed by atoms with Crippen LogP contribution in [0.1, 0.15) is 19.8 Å². The van der Waals surface area contributed by atoms with Gasteiger partial charge in [0.1, 0.15) is 12.2 Å². The van der Waals surface area contributed by atoms with Gasteiger partial charge in [-0.15, -0.1) is 0 Å². The monoisotopic (exact) mass is 210 g/mol. The third-order valence-corrected chi connectivity index (χ3v) is 1.04. The van der Waals surface area contributed by atoms with Gasteiger partial charge in [-0.05, 0) is 13.0 Å². The van der Waals surface area contributed by atoms with E-state index in [4.69, 9.17) is 0 Å². The zero-order chi connectivity index (χ0) is 11.2. The smallest absolute Gasteiger partial charge is 0.392 e. The van der Waals surface area contributed by atoms with Gasteiger partial charge < -0.3 is 4.74 Å².